The second kappa shape index (κ2) is 12.3. The minimum Gasteiger partial charge on any atom is -0.478 e. The second-order valence-corrected chi connectivity index (χ2v) is 11.5. The molecule has 7 heteroatoms. The second-order valence-electron chi connectivity index (χ2n) is 11.1. The van der Waals surface area contributed by atoms with Crippen molar-refractivity contribution < 1.29 is 9.90 Å². The zero-order valence-corrected chi connectivity index (χ0v) is 25.5. The molecule has 5 aromatic carbocycles. The van der Waals surface area contributed by atoms with E-state index in [1.165, 1.54) is 0 Å². The van der Waals surface area contributed by atoms with Crippen LogP contribution in [0.5, 0.6) is 0 Å². The van der Waals surface area contributed by atoms with E-state index in [1.807, 2.05) is 102 Å². The van der Waals surface area contributed by atoms with Crippen LogP contribution in [0.25, 0.3) is 12.2 Å². The Bertz CT molecular complexity index is 2120. The Kier molecular flexibility index (Phi) is 7.74. The maximum absolute atomic E-state index is 14.1. The van der Waals surface area contributed by atoms with Crippen LogP contribution < -0.4 is 10.7 Å². The quantitative estimate of drug-likeness (QED) is 0.176. The van der Waals surface area contributed by atoms with Crippen LogP contribution in [0.1, 0.15) is 61.3 Å². The van der Waals surface area contributed by atoms with Crippen molar-refractivity contribution in [3.63, 3.8) is 0 Å². The summed E-state index contributed by atoms with van der Waals surface area (Å²) < 4.78 is 1.88. The third-order valence-electron chi connectivity index (χ3n) is 8.38. The summed E-state index contributed by atoms with van der Waals surface area (Å²) in [6.45, 7) is 0. The number of carbonyl (C=O) groups is 1. The van der Waals surface area contributed by atoms with Crippen LogP contribution in [0.2, 0.25) is 0 Å². The molecule has 6 aromatic rings. The molecule has 7 rings (SSSR count). The van der Waals surface area contributed by atoms with Gasteiger partial charge in [0.15, 0.2) is 0 Å². The topological polar surface area (TPSA) is 78.3 Å². The molecular formula is C39H29N3O3S. The van der Waals surface area contributed by atoms with Gasteiger partial charge in [-0.3, -0.25) is 9.99 Å². The number of aromatic amines is 1. The van der Waals surface area contributed by atoms with Crippen LogP contribution in [-0.2, 0) is 0 Å². The van der Waals surface area contributed by atoms with E-state index in [1.54, 1.807) is 22.9 Å². The van der Waals surface area contributed by atoms with Gasteiger partial charge >= 0.3 is 11.7 Å². The van der Waals surface area contributed by atoms with Gasteiger partial charge in [0.2, 0.25) is 0 Å². The number of carboxylic acids is 1. The molecule has 6 nitrogen and oxygen atoms in total. The zero-order chi connectivity index (χ0) is 31.6. The van der Waals surface area contributed by atoms with Gasteiger partial charge in [0, 0.05) is 17.7 Å². The summed E-state index contributed by atoms with van der Waals surface area (Å²) in [5.74, 6) is -1.34. The van der Waals surface area contributed by atoms with Gasteiger partial charge in [0.05, 0.1) is 11.3 Å². The van der Waals surface area contributed by atoms with Crippen molar-refractivity contribution in [3.8, 4) is 0 Å². The fraction of sp³-hybridized carbons (Fsp3) is 0.0513. The van der Waals surface area contributed by atoms with E-state index in [2.05, 4.69) is 41.4 Å². The van der Waals surface area contributed by atoms with E-state index in [4.69, 9.17) is 12.2 Å². The van der Waals surface area contributed by atoms with E-state index in [0.717, 1.165) is 38.9 Å². The van der Waals surface area contributed by atoms with Crippen LogP contribution in [-0.4, -0.2) is 20.7 Å². The summed E-state index contributed by atoms with van der Waals surface area (Å²) in [7, 11) is 0. The molecule has 224 valence electrons. The van der Waals surface area contributed by atoms with Crippen molar-refractivity contribution in [1.29, 1.82) is 0 Å². The van der Waals surface area contributed by atoms with Gasteiger partial charge in [-0.2, -0.15) is 0 Å². The third kappa shape index (κ3) is 5.38. The Morgan fingerprint density at radius 3 is 1.83 bits per heavy atom. The molecule has 0 saturated heterocycles. The molecule has 0 radical (unpaired) electrons. The van der Waals surface area contributed by atoms with Gasteiger partial charge in [-0.05, 0) is 51.6 Å². The average Bonchev–Trinajstić information content (AvgIpc) is 3.25. The number of hydrogen-bond acceptors (Lipinski definition) is 4. The van der Waals surface area contributed by atoms with Crippen LogP contribution in [0.4, 0.5) is 5.69 Å². The number of anilines is 1. The predicted molar refractivity (Wildman–Crippen MR) is 185 cm³/mol. The predicted octanol–water partition coefficient (Wildman–Crippen LogP) is 8.33. The molecule has 1 aromatic heterocycles. The lowest BCUT2D eigenvalue weighted by Gasteiger charge is -2.36. The van der Waals surface area contributed by atoms with Gasteiger partial charge in [-0.1, -0.05) is 140 Å². The van der Waals surface area contributed by atoms with Crippen LogP contribution in [0, 0.1) is 4.64 Å². The SMILES string of the molecule is O=C(O)c1cccc(N(C(c2ccccc2)c2ccccc2)n2cc(C3c4ccccc4C=Cc4ccccc43)c(=S)[nH]c2=O)c1. The van der Waals surface area contributed by atoms with Gasteiger partial charge in [0.25, 0.3) is 0 Å². The lowest BCUT2D eigenvalue weighted by molar-refractivity contribution is 0.0697. The Balaban J connectivity index is 1.53. The lowest BCUT2D eigenvalue weighted by atomic mass is 9.83. The largest absolute Gasteiger partial charge is 0.478 e. The first-order chi connectivity index (χ1) is 22.5. The molecule has 0 fully saturated rings. The Morgan fingerprint density at radius 1 is 0.717 bits per heavy atom. The first-order valence-electron chi connectivity index (χ1n) is 14.9. The number of aromatic nitrogens is 2. The Hall–Kier alpha value is -5.79. The summed E-state index contributed by atoms with van der Waals surface area (Å²) in [5.41, 5.74) is 7.03. The molecule has 0 saturated carbocycles. The van der Waals surface area contributed by atoms with Crippen molar-refractivity contribution in [2.75, 3.05) is 5.01 Å². The number of hydrogen-bond donors (Lipinski definition) is 2. The molecule has 46 heavy (non-hydrogen) atoms. The number of aromatic carboxylic acids is 1. The van der Waals surface area contributed by atoms with Gasteiger partial charge in [-0.15, -0.1) is 0 Å². The van der Waals surface area contributed by atoms with Gasteiger partial charge in [0.1, 0.15) is 10.7 Å². The van der Waals surface area contributed by atoms with E-state index in [0.29, 0.717) is 10.3 Å². The first kappa shape index (κ1) is 29.0. The summed E-state index contributed by atoms with van der Waals surface area (Å²) in [4.78, 5) is 29.2. The number of H-pyrrole nitrogens is 1. The van der Waals surface area contributed by atoms with Crippen LogP contribution in [0.3, 0.4) is 0 Å². The number of carboxylic acid groups (broad SMARTS) is 1. The highest BCUT2D eigenvalue weighted by Crippen LogP contribution is 2.40. The Labute approximate surface area is 271 Å². The molecule has 0 bridgehead atoms. The minimum atomic E-state index is -1.06. The number of benzene rings is 5. The smallest absolute Gasteiger partial charge is 0.345 e. The van der Waals surface area contributed by atoms with Crippen molar-refractivity contribution in [1.82, 2.24) is 9.66 Å². The maximum Gasteiger partial charge on any atom is 0.345 e. The van der Waals surface area contributed by atoms with E-state index < -0.39 is 17.7 Å². The standard InChI is InChI=1S/C39H29N3O3S/c43-38(44)30-18-11-19-31(24-30)42(36(28-14-3-1-4-15-28)29-16-5-2-6-17-29)41-25-34(37(46)40-39(41)45)35-32-20-9-7-12-26(32)22-23-27-13-8-10-21-33(27)35/h1-25,35-36H,(H,43,44)(H,40,45,46). The highest BCUT2D eigenvalue weighted by atomic mass is 32.1. The monoisotopic (exact) mass is 619 g/mol. The molecule has 2 N–H and O–H groups in total. The molecule has 0 atom stereocenters. The van der Waals surface area contributed by atoms with E-state index in [9.17, 15) is 14.7 Å². The summed E-state index contributed by atoms with van der Waals surface area (Å²) in [5, 5.41) is 11.8. The minimum absolute atomic E-state index is 0.109. The van der Waals surface area contributed by atoms with Gasteiger partial charge < -0.3 is 5.11 Å². The highest BCUT2D eigenvalue weighted by Gasteiger charge is 2.30. The number of nitrogens with zero attached hydrogens (tertiary/aromatic N) is 2. The average molecular weight is 620 g/mol. The Morgan fingerprint density at radius 2 is 1.26 bits per heavy atom. The molecule has 0 unspecified atom stereocenters. The fourth-order valence-corrected chi connectivity index (χ4v) is 6.56. The number of rotatable bonds is 7. The molecule has 0 aliphatic heterocycles. The molecule has 1 aliphatic carbocycles. The van der Waals surface area contributed by atoms with Crippen molar-refractivity contribution in [3.05, 3.63) is 199 Å². The van der Waals surface area contributed by atoms with Crippen LogP contribution in [0.15, 0.2) is 144 Å². The zero-order valence-electron chi connectivity index (χ0n) is 24.7. The number of fused-ring (bicyclic) bond motifs is 2. The summed E-state index contributed by atoms with van der Waals surface area (Å²) in [6.07, 6.45) is 6.04. The number of nitrogens with one attached hydrogen (secondary N) is 1. The first-order valence-corrected chi connectivity index (χ1v) is 15.3. The molecule has 1 aliphatic rings. The molecular weight excluding hydrogens is 591 g/mol. The fourth-order valence-electron chi connectivity index (χ4n) is 6.30. The van der Waals surface area contributed by atoms with Crippen molar-refractivity contribution >= 4 is 36.0 Å². The van der Waals surface area contributed by atoms with Crippen molar-refractivity contribution in [2.24, 2.45) is 0 Å². The van der Waals surface area contributed by atoms with Crippen molar-refractivity contribution in [2.45, 2.75) is 12.0 Å². The molecule has 0 spiro atoms. The lowest BCUT2D eigenvalue weighted by Crippen LogP contribution is -2.43. The summed E-state index contributed by atoms with van der Waals surface area (Å²) >= 11 is 5.91. The normalized spacial score (nSPS) is 12.3. The van der Waals surface area contributed by atoms with E-state index in [-0.39, 0.29) is 11.5 Å². The third-order valence-corrected chi connectivity index (χ3v) is 8.72. The molecule has 1 heterocycles. The van der Waals surface area contributed by atoms with Crippen LogP contribution >= 0.6 is 12.2 Å². The molecule has 0 amide bonds. The van der Waals surface area contributed by atoms with E-state index >= 15 is 0 Å². The highest BCUT2D eigenvalue weighted by molar-refractivity contribution is 7.71. The van der Waals surface area contributed by atoms with Gasteiger partial charge in [-0.25, -0.2) is 14.3 Å². The maximum atomic E-state index is 14.1. The summed E-state index contributed by atoms with van der Waals surface area (Å²) in [6, 6.07) is 42.3.